The number of hydrogen-bond donors (Lipinski definition) is 1. The summed E-state index contributed by atoms with van der Waals surface area (Å²) in [7, 11) is 0. The molecule has 0 aliphatic heterocycles. The smallest absolute Gasteiger partial charge is 0.141 e. The number of aliphatic hydroxyl groups is 1. The summed E-state index contributed by atoms with van der Waals surface area (Å²) in [6.07, 6.45) is 1.76. The molecule has 20 heavy (non-hydrogen) atoms. The highest BCUT2D eigenvalue weighted by atomic mass is 79.9. The Kier molecular flexibility index (Phi) is 3.67. The predicted molar refractivity (Wildman–Crippen MR) is 81.9 cm³/mol. The first-order chi connectivity index (χ1) is 9.76. The van der Waals surface area contributed by atoms with Crippen LogP contribution in [-0.4, -0.2) is 10.1 Å². The topological polar surface area (TPSA) is 42.4 Å². The molecule has 0 amide bonds. The van der Waals surface area contributed by atoms with Crippen LogP contribution in [0.5, 0.6) is 11.5 Å². The van der Waals surface area contributed by atoms with Gasteiger partial charge in [0.25, 0.3) is 0 Å². The zero-order valence-electron chi connectivity index (χ0n) is 10.6. The number of halogens is 1. The molecule has 0 bridgehead atoms. The SMILES string of the molecule is OCc1ccc(Oc2ccc3cccnc3c2)c(Br)c1. The molecule has 100 valence electrons. The lowest BCUT2D eigenvalue weighted by atomic mass is 10.2. The van der Waals surface area contributed by atoms with Gasteiger partial charge in [-0.2, -0.15) is 0 Å². The summed E-state index contributed by atoms with van der Waals surface area (Å²) in [5.41, 5.74) is 1.73. The van der Waals surface area contributed by atoms with E-state index in [1.54, 1.807) is 6.20 Å². The number of ether oxygens (including phenoxy) is 1. The van der Waals surface area contributed by atoms with Crippen molar-refractivity contribution in [3.05, 3.63) is 64.8 Å². The molecule has 0 fully saturated rings. The molecular weight excluding hydrogens is 318 g/mol. The molecule has 0 aliphatic rings. The monoisotopic (exact) mass is 329 g/mol. The number of nitrogens with zero attached hydrogens (tertiary/aromatic N) is 1. The average molecular weight is 330 g/mol. The molecule has 0 saturated carbocycles. The molecule has 1 aromatic heterocycles. The van der Waals surface area contributed by atoms with Crippen LogP contribution in [0.15, 0.2) is 59.2 Å². The van der Waals surface area contributed by atoms with Crippen molar-refractivity contribution in [1.82, 2.24) is 4.98 Å². The standard InChI is InChI=1S/C16H12BrNO2/c17-14-8-11(10-19)3-6-16(14)20-13-5-4-12-2-1-7-18-15(12)9-13/h1-9,19H,10H2. The van der Waals surface area contributed by atoms with Gasteiger partial charge in [-0.1, -0.05) is 12.1 Å². The molecule has 1 heterocycles. The van der Waals surface area contributed by atoms with E-state index in [2.05, 4.69) is 20.9 Å². The van der Waals surface area contributed by atoms with Gasteiger partial charge in [0.1, 0.15) is 11.5 Å². The van der Waals surface area contributed by atoms with Crippen LogP contribution in [0.4, 0.5) is 0 Å². The van der Waals surface area contributed by atoms with Crippen LogP contribution >= 0.6 is 15.9 Å². The van der Waals surface area contributed by atoms with E-state index in [1.165, 1.54) is 0 Å². The normalized spacial score (nSPS) is 10.7. The van der Waals surface area contributed by atoms with E-state index < -0.39 is 0 Å². The molecule has 4 heteroatoms. The van der Waals surface area contributed by atoms with Crippen LogP contribution in [0.1, 0.15) is 5.56 Å². The summed E-state index contributed by atoms with van der Waals surface area (Å²) in [6.45, 7) is 0.0127. The molecule has 0 radical (unpaired) electrons. The highest BCUT2D eigenvalue weighted by Crippen LogP contribution is 2.31. The summed E-state index contributed by atoms with van der Waals surface area (Å²) in [4.78, 5) is 4.31. The molecule has 0 unspecified atom stereocenters. The third-order valence-corrected chi connectivity index (χ3v) is 3.60. The number of rotatable bonds is 3. The van der Waals surface area contributed by atoms with Crippen LogP contribution in [0.3, 0.4) is 0 Å². The lowest BCUT2D eigenvalue weighted by molar-refractivity contribution is 0.281. The second-order valence-corrected chi connectivity index (χ2v) is 5.24. The molecule has 0 atom stereocenters. The largest absolute Gasteiger partial charge is 0.456 e. The minimum atomic E-state index is 0.0127. The fourth-order valence-electron chi connectivity index (χ4n) is 1.96. The first-order valence-electron chi connectivity index (χ1n) is 6.18. The molecule has 3 nitrogen and oxygen atoms in total. The van der Waals surface area contributed by atoms with Gasteiger partial charge in [0.2, 0.25) is 0 Å². The summed E-state index contributed by atoms with van der Waals surface area (Å²) in [5, 5.41) is 10.2. The average Bonchev–Trinajstić information content (AvgIpc) is 2.49. The molecule has 3 aromatic rings. The van der Waals surface area contributed by atoms with Crippen molar-refractivity contribution in [3.63, 3.8) is 0 Å². The van der Waals surface area contributed by atoms with E-state index in [0.717, 1.165) is 26.7 Å². The van der Waals surface area contributed by atoms with Gasteiger partial charge in [-0.15, -0.1) is 0 Å². The fourth-order valence-corrected chi connectivity index (χ4v) is 2.47. The molecular formula is C16H12BrNO2. The van der Waals surface area contributed by atoms with Crippen LogP contribution in [0, 0.1) is 0 Å². The Labute approximate surface area is 125 Å². The zero-order chi connectivity index (χ0) is 13.9. The highest BCUT2D eigenvalue weighted by Gasteiger charge is 2.05. The van der Waals surface area contributed by atoms with Crippen molar-refractivity contribution in [3.8, 4) is 11.5 Å². The molecule has 1 N–H and O–H groups in total. The second-order valence-electron chi connectivity index (χ2n) is 4.38. The van der Waals surface area contributed by atoms with Crippen molar-refractivity contribution in [2.75, 3.05) is 0 Å². The zero-order valence-corrected chi connectivity index (χ0v) is 12.2. The van der Waals surface area contributed by atoms with Crippen LogP contribution in [0.25, 0.3) is 10.9 Å². The maximum absolute atomic E-state index is 9.09. The Morgan fingerprint density at radius 1 is 1.10 bits per heavy atom. The summed E-state index contributed by atoms with van der Waals surface area (Å²) < 4.78 is 6.66. The minimum Gasteiger partial charge on any atom is -0.456 e. The van der Waals surface area contributed by atoms with Gasteiger partial charge in [0.05, 0.1) is 16.6 Å². The number of hydrogen-bond acceptors (Lipinski definition) is 3. The Hall–Kier alpha value is -1.91. The number of fused-ring (bicyclic) bond motifs is 1. The Bertz CT molecular complexity index is 758. The van der Waals surface area contributed by atoms with E-state index in [0.29, 0.717) is 5.75 Å². The Balaban J connectivity index is 1.92. The highest BCUT2D eigenvalue weighted by molar-refractivity contribution is 9.10. The van der Waals surface area contributed by atoms with E-state index in [9.17, 15) is 0 Å². The van der Waals surface area contributed by atoms with Gasteiger partial charge >= 0.3 is 0 Å². The van der Waals surface area contributed by atoms with Gasteiger partial charge in [-0.05, 0) is 51.8 Å². The summed E-state index contributed by atoms with van der Waals surface area (Å²) in [6, 6.07) is 15.2. The van der Waals surface area contributed by atoms with Crippen LogP contribution in [0.2, 0.25) is 0 Å². The number of benzene rings is 2. The molecule has 0 aliphatic carbocycles. The summed E-state index contributed by atoms with van der Waals surface area (Å²) in [5.74, 6) is 1.44. The first-order valence-corrected chi connectivity index (χ1v) is 6.97. The van der Waals surface area contributed by atoms with Gasteiger partial charge < -0.3 is 9.84 Å². The third kappa shape index (κ3) is 2.66. The predicted octanol–water partition coefficient (Wildman–Crippen LogP) is 4.28. The molecule has 0 spiro atoms. The Morgan fingerprint density at radius 3 is 2.80 bits per heavy atom. The number of aliphatic hydroxyl groups excluding tert-OH is 1. The van der Waals surface area contributed by atoms with Crippen LogP contribution in [-0.2, 0) is 6.61 Å². The number of aromatic nitrogens is 1. The maximum Gasteiger partial charge on any atom is 0.141 e. The van der Waals surface area contributed by atoms with Gasteiger partial charge in [-0.3, -0.25) is 4.98 Å². The van der Waals surface area contributed by atoms with Crippen LogP contribution < -0.4 is 4.74 Å². The van der Waals surface area contributed by atoms with Gasteiger partial charge in [-0.25, -0.2) is 0 Å². The third-order valence-electron chi connectivity index (χ3n) is 2.98. The van der Waals surface area contributed by atoms with Gasteiger partial charge in [0, 0.05) is 17.6 Å². The minimum absolute atomic E-state index is 0.0127. The van der Waals surface area contributed by atoms with Crippen molar-refractivity contribution >= 4 is 26.8 Å². The molecule has 0 saturated heterocycles. The fraction of sp³-hybridized carbons (Fsp3) is 0.0625. The quantitative estimate of drug-likeness (QED) is 0.779. The van der Waals surface area contributed by atoms with Gasteiger partial charge in [0.15, 0.2) is 0 Å². The van der Waals surface area contributed by atoms with Crippen molar-refractivity contribution in [2.45, 2.75) is 6.61 Å². The van der Waals surface area contributed by atoms with Crippen molar-refractivity contribution in [1.29, 1.82) is 0 Å². The van der Waals surface area contributed by atoms with E-state index in [-0.39, 0.29) is 6.61 Å². The van der Waals surface area contributed by atoms with E-state index in [4.69, 9.17) is 9.84 Å². The molecule has 3 rings (SSSR count). The lowest BCUT2D eigenvalue weighted by Gasteiger charge is -2.09. The van der Waals surface area contributed by atoms with Crippen molar-refractivity contribution < 1.29 is 9.84 Å². The molecule has 2 aromatic carbocycles. The Morgan fingerprint density at radius 2 is 2.00 bits per heavy atom. The summed E-state index contributed by atoms with van der Waals surface area (Å²) >= 11 is 3.44. The second kappa shape index (κ2) is 5.61. The van der Waals surface area contributed by atoms with E-state index in [1.807, 2.05) is 48.5 Å². The first kappa shape index (κ1) is 13.1. The van der Waals surface area contributed by atoms with Crippen molar-refractivity contribution in [2.24, 2.45) is 0 Å². The lowest BCUT2D eigenvalue weighted by Crippen LogP contribution is -1.89. The van der Waals surface area contributed by atoms with E-state index >= 15 is 0 Å². The number of pyridine rings is 1. The maximum atomic E-state index is 9.09.